The van der Waals surface area contributed by atoms with Crippen molar-refractivity contribution in [2.75, 3.05) is 11.9 Å². The Hall–Kier alpha value is -3.50. The van der Waals surface area contributed by atoms with E-state index in [4.69, 9.17) is 21.1 Å². The Morgan fingerprint density at radius 3 is 2.45 bits per heavy atom. The van der Waals surface area contributed by atoms with Crippen molar-refractivity contribution in [2.24, 2.45) is 0 Å². The third-order valence-corrected chi connectivity index (χ3v) is 5.19. The molecule has 0 heterocycles. The molecule has 31 heavy (non-hydrogen) atoms. The van der Waals surface area contributed by atoms with Crippen molar-refractivity contribution in [1.82, 2.24) is 0 Å². The standard InChI is InChI=1S/C26H22ClNO3/c1-2-30-25-14-12-20(26(29)28-24-10-6-5-9-23(24)27)15-21(25)17-31-22-13-11-18-7-3-4-8-19(18)16-22/h3-16H,2,17H2,1H3,(H,28,29). The van der Waals surface area contributed by atoms with Gasteiger partial charge in [-0.1, -0.05) is 54.1 Å². The largest absolute Gasteiger partial charge is 0.493 e. The van der Waals surface area contributed by atoms with Gasteiger partial charge in [0.1, 0.15) is 18.1 Å². The van der Waals surface area contributed by atoms with Gasteiger partial charge < -0.3 is 14.8 Å². The number of rotatable bonds is 7. The molecule has 4 aromatic carbocycles. The molecule has 5 heteroatoms. The fourth-order valence-electron chi connectivity index (χ4n) is 3.31. The highest BCUT2D eigenvalue weighted by molar-refractivity contribution is 6.33. The number of halogens is 1. The van der Waals surface area contributed by atoms with E-state index in [9.17, 15) is 4.79 Å². The van der Waals surface area contributed by atoms with Crippen LogP contribution < -0.4 is 14.8 Å². The van der Waals surface area contributed by atoms with Crippen molar-refractivity contribution in [3.63, 3.8) is 0 Å². The van der Waals surface area contributed by atoms with Crippen molar-refractivity contribution in [1.29, 1.82) is 0 Å². The Labute approximate surface area is 186 Å². The smallest absolute Gasteiger partial charge is 0.255 e. The molecule has 0 saturated carbocycles. The van der Waals surface area contributed by atoms with Crippen LogP contribution in [0.1, 0.15) is 22.8 Å². The first-order valence-electron chi connectivity index (χ1n) is 10.1. The molecule has 0 radical (unpaired) electrons. The zero-order valence-corrected chi connectivity index (χ0v) is 17.9. The summed E-state index contributed by atoms with van der Waals surface area (Å²) >= 11 is 6.16. The minimum Gasteiger partial charge on any atom is -0.493 e. The number of hydrogen-bond acceptors (Lipinski definition) is 3. The van der Waals surface area contributed by atoms with Gasteiger partial charge in [0, 0.05) is 11.1 Å². The van der Waals surface area contributed by atoms with E-state index in [1.54, 1.807) is 30.3 Å². The highest BCUT2D eigenvalue weighted by Crippen LogP contribution is 2.26. The fourth-order valence-corrected chi connectivity index (χ4v) is 3.49. The molecular formula is C26H22ClNO3. The predicted octanol–water partition coefficient (Wildman–Crippen LogP) is 6.72. The van der Waals surface area contributed by atoms with Crippen LogP contribution in [0.5, 0.6) is 11.5 Å². The molecular weight excluding hydrogens is 410 g/mol. The Morgan fingerprint density at radius 2 is 1.65 bits per heavy atom. The first-order chi connectivity index (χ1) is 15.1. The van der Waals surface area contributed by atoms with E-state index in [1.807, 2.05) is 55.5 Å². The van der Waals surface area contributed by atoms with Crippen LogP contribution in [0.15, 0.2) is 84.9 Å². The molecule has 1 amide bonds. The summed E-state index contributed by atoms with van der Waals surface area (Å²) in [6.07, 6.45) is 0. The summed E-state index contributed by atoms with van der Waals surface area (Å²) in [7, 11) is 0. The lowest BCUT2D eigenvalue weighted by Gasteiger charge is -2.14. The molecule has 0 saturated heterocycles. The fraction of sp³-hybridized carbons (Fsp3) is 0.115. The van der Waals surface area contributed by atoms with Crippen molar-refractivity contribution in [3.05, 3.63) is 101 Å². The maximum absolute atomic E-state index is 12.8. The lowest BCUT2D eigenvalue weighted by molar-refractivity contribution is 0.102. The number of para-hydroxylation sites is 1. The number of carbonyl (C=O) groups is 1. The normalized spacial score (nSPS) is 10.6. The van der Waals surface area contributed by atoms with Gasteiger partial charge in [-0.25, -0.2) is 0 Å². The quantitative estimate of drug-likeness (QED) is 0.353. The first-order valence-corrected chi connectivity index (χ1v) is 10.4. The summed E-state index contributed by atoms with van der Waals surface area (Å²) in [4.78, 5) is 12.8. The molecule has 0 unspecified atom stereocenters. The predicted molar refractivity (Wildman–Crippen MR) is 125 cm³/mol. The van der Waals surface area contributed by atoms with Gasteiger partial charge in [-0.15, -0.1) is 0 Å². The van der Waals surface area contributed by atoms with Crippen LogP contribution >= 0.6 is 11.6 Å². The first kappa shape index (κ1) is 20.8. The van der Waals surface area contributed by atoms with E-state index in [-0.39, 0.29) is 12.5 Å². The number of carbonyl (C=O) groups excluding carboxylic acids is 1. The van der Waals surface area contributed by atoms with Gasteiger partial charge in [0.05, 0.1) is 17.3 Å². The second-order valence-electron chi connectivity index (χ2n) is 6.99. The summed E-state index contributed by atoms with van der Waals surface area (Å²) in [5.41, 5.74) is 1.86. The van der Waals surface area contributed by atoms with Crippen LogP contribution in [0.4, 0.5) is 5.69 Å². The van der Waals surface area contributed by atoms with Crippen molar-refractivity contribution in [2.45, 2.75) is 13.5 Å². The molecule has 0 fully saturated rings. The summed E-state index contributed by atoms with van der Waals surface area (Å²) in [5.74, 6) is 1.20. The average molecular weight is 432 g/mol. The average Bonchev–Trinajstić information content (AvgIpc) is 2.80. The summed E-state index contributed by atoms with van der Waals surface area (Å²) in [5, 5.41) is 5.60. The number of hydrogen-bond donors (Lipinski definition) is 1. The van der Waals surface area contributed by atoms with Gasteiger partial charge in [-0.2, -0.15) is 0 Å². The van der Waals surface area contributed by atoms with E-state index in [1.165, 1.54) is 0 Å². The Bertz CT molecular complexity index is 1220. The highest BCUT2D eigenvalue weighted by atomic mass is 35.5. The monoisotopic (exact) mass is 431 g/mol. The van der Waals surface area contributed by atoms with Gasteiger partial charge in [-0.3, -0.25) is 4.79 Å². The summed E-state index contributed by atoms with van der Waals surface area (Å²) < 4.78 is 11.8. The molecule has 0 aliphatic heterocycles. The summed E-state index contributed by atoms with van der Waals surface area (Å²) in [6.45, 7) is 2.72. The summed E-state index contributed by atoms with van der Waals surface area (Å²) in [6, 6.07) is 26.6. The SMILES string of the molecule is CCOc1ccc(C(=O)Nc2ccccc2Cl)cc1COc1ccc2ccccc2c1. The van der Waals surface area contributed by atoms with Crippen LogP contribution in [0.3, 0.4) is 0 Å². The van der Waals surface area contributed by atoms with Gasteiger partial charge in [0.2, 0.25) is 0 Å². The Balaban J connectivity index is 1.54. The number of benzene rings is 4. The van der Waals surface area contributed by atoms with Crippen LogP contribution in [-0.2, 0) is 6.61 Å². The zero-order chi connectivity index (χ0) is 21.6. The van der Waals surface area contributed by atoms with Gasteiger partial charge in [-0.05, 0) is 60.2 Å². The molecule has 4 rings (SSSR count). The van der Waals surface area contributed by atoms with E-state index in [2.05, 4.69) is 11.4 Å². The zero-order valence-electron chi connectivity index (χ0n) is 17.1. The highest BCUT2D eigenvalue weighted by Gasteiger charge is 2.13. The second-order valence-corrected chi connectivity index (χ2v) is 7.39. The lowest BCUT2D eigenvalue weighted by atomic mass is 10.1. The number of anilines is 1. The van der Waals surface area contributed by atoms with E-state index in [0.29, 0.717) is 28.6 Å². The maximum atomic E-state index is 12.8. The number of amides is 1. The molecule has 0 aliphatic carbocycles. The van der Waals surface area contributed by atoms with Crippen molar-refractivity contribution < 1.29 is 14.3 Å². The number of ether oxygens (including phenoxy) is 2. The van der Waals surface area contributed by atoms with Crippen LogP contribution in [0.25, 0.3) is 10.8 Å². The Kier molecular flexibility index (Phi) is 6.39. The maximum Gasteiger partial charge on any atom is 0.255 e. The Morgan fingerprint density at radius 1 is 0.871 bits per heavy atom. The van der Waals surface area contributed by atoms with Gasteiger partial charge >= 0.3 is 0 Å². The molecule has 4 nitrogen and oxygen atoms in total. The molecule has 156 valence electrons. The van der Waals surface area contributed by atoms with Crippen LogP contribution in [0.2, 0.25) is 5.02 Å². The number of nitrogens with one attached hydrogen (secondary N) is 1. The minimum absolute atomic E-state index is 0.247. The lowest BCUT2D eigenvalue weighted by Crippen LogP contribution is -2.13. The van der Waals surface area contributed by atoms with Gasteiger partial charge in [0.15, 0.2) is 0 Å². The van der Waals surface area contributed by atoms with Crippen LogP contribution in [-0.4, -0.2) is 12.5 Å². The van der Waals surface area contributed by atoms with E-state index in [0.717, 1.165) is 22.1 Å². The second kappa shape index (κ2) is 9.54. The van der Waals surface area contributed by atoms with E-state index < -0.39 is 0 Å². The molecule has 0 atom stereocenters. The molecule has 0 aromatic heterocycles. The van der Waals surface area contributed by atoms with Gasteiger partial charge in [0.25, 0.3) is 5.91 Å². The molecule has 0 aliphatic rings. The third-order valence-electron chi connectivity index (χ3n) is 4.86. The minimum atomic E-state index is -0.247. The molecule has 0 spiro atoms. The van der Waals surface area contributed by atoms with Crippen molar-refractivity contribution >= 4 is 34.0 Å². The van der Waals surface area contributed by atoms with E-state index >= 15 is 0 Å². The molecule has 1 N–H and O–H groups in total. The number of fused-ring (bicyclic) bond motifs is 1. The topological polar surface area (TPSA) is 47.6 Å². The molecule has 0 bridgehead atoms. The van der Waals surface area contributed by atoms with Crippen LogP contribution in [0, 0.1) is 0 Å². The van der Waals surface area contributed by atoms with Crippen molar-refractivity contribution in [3.8, 4) is 11.5 Å². The molecule has 4 aromatic rings. The third kappa shape index (κ3) is 4.98.